The molecule has 3 heterocycles. The van der Waals surface area contributed by atoms with Crippen molar-refractivity contribution in [1.82, 2.24) is 14.8 Å². The number of primary amides is 1. The molecule has 0 saturated heterocycles. The number of nitrogens with two attached hydrogens (primary N) is 1. The SMILES string of the molecule is CN(C)c1ncccc1OCCC=O.NC(=O)c1cc2n(n1)C(c1ccccc1)CC2F. The van der Waals surface area contributed by atoms with Gasteiger partial charge in [0, 0.05) is 33.1 Å². The van der Waals surface area contributed by atoms with E-state index >= 15 is 0 Å². The van der Waals surface area contributed by atoms with E-state index in [2.05, 4.69) is 10.1 Å². The van der Waals surface area contributed by atoms with Crippen molar-refractivity contribution < 1.29 is 18.7 Å². The van der Waals surface area contributed by atoms with Gasteiger partial charge in [0.1, 0.15) is 18.2 Å². The molecule has 4 rings (SSSR count). The molecular weight excluding hydrogens is 413 g/mol. The van der Waals surface area contributed by atoms with Crippen LogP contribution in [-0.2, 0) is 4.79 Å². The summed E-state index contributed by atoms with van der Waals surface area (Å²) in [5, 5.41) is 4.10. The molecule has 1 aromatic carbocycles. The molecule has 9 heteroatoms. The Labute approximate surface area is 185 Å². The van der Waals surface area contributed by atoms with Gasteiger partial charge in [-0.1, -0.05) is 30.3 Å². The van der Waals surface area contributed by atoms with Gasteiger partial charge >= 0.3 is 0 Å². The summed E-state index contributed by atoms with van der Waals surface area (Å²) in [7, 11) is 3.80. The van der Waals surface area contributed by atoms with E-state index in [9.17, 15) is 14.0 Å². The zero-order valence-electron chi connectivity index (χ0n) is 18.0. The minimum absolute atomic E-state index is 0.119. The highest BCUT2D eigenvalue weighted by molar-refractivity contribution is 5.90. The summed E-state index contributed by atoms with van der Waals surface area (Å²) in [5.74, 6) is 0.855. The number of alkyl halides is 1. The van der Waals surface area contributed by atoms with Gasteiger partial charge in [-0.15, -0.1) is 0 Å². The lowest BCUT2D eigenvalue weighted by molar-refractivity contribution is -0.108. The average molecular weight is 439 g/mol. The van der Waals surface area contributed by atoms with Crippen LogP contribution in [0.2, 0.25) is 0 Å². The number of benzene rings is 1. The molecule has 0 saturated carbocycles. The third kappa shape index (κ3) is 5.29. The molecule has 1 amide bonds. The second-order valence-electron chi connectivity index (χ2n) is 7.42. The van der Waals surface area contributed by atoms with Gasteiger partial charge in [-0.2, -0.15) is 5.10 Å². The summed E-state index contributed by atoms with van der Waals surface area (Å²) in [6.07, 6.45) is 2.21. The van der Waals surface area contributed by atoms with Crippen LogP contribution < -0.4 is 15.4 Å². The number of anilines is 1. The van der Waals surface area contributed by atoms with Crippen LogP contribution in [-0.4, -0.2) is 47.7 Å². The first kappa shape index (κ1) is 22.9. The van der Waals surface area contributed by atoms with Gasteiger partial charge in [0.2, 0.25) is 0 Å². The number of amides is 1. The molecule has 1 aliphatic rings. The Morgan fingerprint density at radius 1 is 1.28 bits per heavy atom. The second-order valence-corrected chi connectivity index (χ2v) is 7.42. The molecule has 2 unspecified atom stereocenters. The molecule has 2 N–H and O–H groups in total. The van der Waals surface area contributed by atoms with Gasteiger partial charge in [-0.25, -0.2) is 9.37 Å². The first-order valence-corrected chi connectivity index (χ1v) is 10.2. The van der Waals surface area contributed by atoms with Crippen molar-refractivity contribution in [2.24, 2.45) is 5.73 Å². The number of nitrogens with zero attached hydrogens (tertiary/aromatic N) is 4. The van der Waals surface area contributed by atoms with Gasteiger partial charge < -0.3 is 20.2 Å². The zero-order valence-corrected chi connectivity index (χ0v) is 18.0. The van der Waals surface area contributed by atoms with E-state index in [1.807, 2.05) is 61.5 Å². The van der Waals surface area contributed by atoms with Crippen LogP contribution in [0.4, 0.5) is 10.2 Å². The molecule has 0 spiro atoms. The van der Waals surface area contributed by atoms with Crippen LogP contribution in [0.1, 0.15) is 46.8 Å². The van der Waals surface area contributed by atoms with Crippen LogP contribution in [0, 0.1) is 0 Å². The Kier molecular flexibility index (Phi) is 7.54. The fourth-order valence-corrected chi connectivity index (χ4v) is 3.43. The number of rotatable bonds is 7. The number of carbonyl (C=O) groups excluding carboxylic acids is 2. The predicted molar refractivity (Wildman–Crippen MR) is 119 cm³/mol. The molecule has 2 atom stereocenters. The summed E-state index contributed by atoms with van der Waals surface area (Å²) in [6.45, 7) is 0.399. The van der Waals surface area contributed by atoms with Gasteiger partial charge in [-0.05, 0) is 23.8 Å². The molecule has 8 nitrogen and oxygen atoms in total. The van der Waals surface area contributed by atoms with E-state index in [4.69, 9.17) is 10.5 Å². The molecule has 1 aliphatic heterocycles. The molecule has 2 aromatic heterocycles. The van der Waals surface area contributed by atoms with E-state index in [0.29, 0.717) is 30.9 Å². The van der Waals surface area contributed by atoms with Gasteiger partial charge in [0.25, 0.3) is 5.91 Å². The van der Waals surface area contributed by atoms with Gasteiger partial charge in [-0.3, -0.25) is 9.48 Å². The minimum Gasteiger partial charge on any atom is -0.489 e. The van der Waals surface area contributed by atoms with Crippen LogP contribution >= 0.6 is 0 Å². The minimum atomic E-state index is -1.10. The number of aromatic nitrogens is 3. The monoisotopic (exact) mass is 439 g/mol. The highest BCUT2D eigenvalue weighted by Gasteiger charge is 2.34. The lowest BCUT2D eigenvalue weighted by atomic mass is 10.0. The lowest BCUT2D eigenvalue weighted by Gasteiger charge is -2.15. The van der Waals surface area contributed by atoms with E-state index in [1.165, 1.54) is 6.07 Å². The van der Waals surface area contributed by atoms with Gasteiger partial charge in [0.05, 0.1) is 18.3 Å². The smallest absolute Gasteiger partial charge is 0.269 e. The van der Waals surface area contributed by atoms with E-state index in [-0.39, 0.29) is 11.7 Å². The second kappa shape index (κ2) is 10.5. The third-order valence-electron chi connectivity index (χ3n) is 4.92. The zero-order chi connectivity index (χ0) is 23.1. The highest BCUT2D eigenvalue weighted by Crippen LogP contribution is 2.40. The Bertz CT molecular complexity index is 1050. The van der Waals surface area contributed by atoms with Crippen LogP contribution in [0.5, 0.6) is 5.75 Å². The van der Waals surface area contributed by atoms with Crippen molar-refractivity contribution in [3.05, 3.63) is 71.7 Å². The molecule has 0 radical (unpaired) electrons. The van der Waals surface area contributed by atoms with E-state index in [1.54, 1.807) is 10.9 Å². The molecule has 3 aromatic rings. The standard InChI is InChI=1S/C13H12FN3O.C10H14N2O2/c14-9-6-11(8-4-2-1-3-5-8)17-12(9)7-10(16-17)13(15)18;1-12(2)10-9(5-3-6-11-10)14-8-4-7-13/h1-5,7,9,11H,6H2,(H2,15,18);3,5-7H,4,8H2,1-2H3. The normalized spacial score (nSPS) is 16.5. The number of halogens is 1. The van der Waals surface area contributed by atoms with Crippen LogP contribution in [0.25, 0.3) is 0 Å². The lowest BCUT2D eigenvalue weighted by Crippen LogP contribution is -2.14. The van der Waals surface area contributed by atoms with Crippen molar-refractivity contribution in [3.8, 4) is 5.75 Å². The van der Waals surface area contributed by atoms with Crippen LogP contribution in [0.15, 0.2) is 54.7 Å². The van der Waals surface area contributed by atoms with E-state index < -0.39 is 12.1 Å². The fraction of sp³-hybridized carbons (Fsp3) is 0.304. The van der Waals surface area contributed by atoms with Gasteiger partial charge in [0.15, 0.2) is 11.6 Å². The van der Waals surface area contributed by atoms with Crippen LogP contribution in [0.3, 0.4) is 0 Å². The Balaban J connectivity index is 0.000000188. The first-order chi connectivity index (χ1) is 15.4. The molecule has 0 bridgehead atoms. The maximum Gasteiger partial charge on any atom is 0.269 e. The molecule has 0 fully saturated rings. The van der Waals surface area contributed by atoms with Crippen molar-refractivity contribution >= 4 is 18.0 Å². The molecule has 0 aliphatic carbocycles. The average Bonchev–Trinajstić information content (AvgIpc) is 3.36. The number of ether oxygens (including phenoxy) is 1. The first-order valence-electron chi connectivity index (χ1n) is 10.2. The largest absolute Gasteiger partial charge is 0.489 e. The van der Waals surface area contributed by atoms with E-state index in [0.717, 1.165) is 17.7 Å². The summed E-state index contributed by atoms with van der Waals surface area (Å²) < 4.78 is 20.9. The summed E-state index contributed by atoms with van der Waals surface area (Å²) in [4.78, 5) is 27.2. The Hall–Kier alpha value is -3.75. The maximum absolute atomic E-state index is 13.9. The summed E-state index contributed by atoms with van der Waals surface area (Å²) in [5.41, 5.74) is 6.70. The Morgan fingerprint density at radius 2 is 2.03 bits per heavy atom. The molecule has 168 valence electrons. The van der Waals surface area contributed by atoms with Crippen molar-refractivity contribution in [3.63, 3.8) is 0 Å². The number of fused-ring (bicyclic) bond motifs is 1. The number of hydrogen-bond acceptors (Lipinski definition) is 6. The maximum atomic E-state index is 13.9. The van der Waals surface area contributed by atoms with Crippen molar-refractivity contribution in [2.45, 2.75) is 25.1 Å². The summed E-state index contributed by atoms with van der Waals surface area (Å²) in [6, 6.07) is 14.5. The Morgan fingerprint density at radius 3 is 2.69 bits per heavy atom. The molecular formula is C23H26FN5O3. The number of pyridine rings is 1. The number of carbonyl (C=O) groups is 2. The number of hydrogen-bond donors (Lipinski definition) is 1. The third-order valence-corrected chi connectivity index (χ3v) is 4.92. The predicted octanol–water partition coefficient (Wildman–Crippen LogP) is 3.10. The van der Waals surface area contributed by atoms with Crippen molar-refractivity contribution in [2.75, 3.05) is 25.6 Å². The topological polar surface area (TPSA) is 103 Å². The van der Waals surface area contributed by atoms with Crippen molar-refractivity contribution in [1.29, 1.82) is 0 Å². The molecule has 32 heavy (non-hydrogen) atoms. The summed E-state index contributed by atoms with van der Waals surface area (Å²) >= 11 is 0. The fourth-order valence-electron chi connectivity index (χ4n) is 3.43. The highest BCUT2D eigenvalue weighted by atomic mass is 19.1. The number of aldehydes is 1. The quantitative estimate of drug-likeness (QED) is 0.448.